The summed E-state index contributed by atoms with van der Waals surface area (Å²) >= 11 is 0. The van der Waals surface area contributed by atoms with E-state index >= 15 is 0 Å². The van der Waals surface area contributed by atoms with Crippen LogP contribution in [0.4, 0.5) is 27.8 Å². The lowest BCUT2D eigenvalue weighted by Crippen LogP contribution is -2.44. The number of aldehydes is 1. The Balaban J connectivity index is 2.02. The van der Waals surface area contributed by atoms with Crippen LogP contribution in [-0.2, 0) is 14.3 Å². The van der Waals surface area contributed by atoms with Crippen LogP contribution in [0, 0.1) is 0 Å². The van der Waals surface area contributed by atoms with Crippen molar-refractivity contribution >= 4 is 35.5 Å². The van der Waals surface area contributed by atoms with E-state index in [1.807, 2.05) is 0 Å². The van der Waals surface area contributed by atoms with Crippen molar-refractivity contribution in [1.82, 2.24) is 4.98 Å². The fourth-order valence-corrected chi connectivity index (χ4v) is 2.11. The van der Waals surface area contributed by atoms with E-state index in [0.29, 0.717) is 29.2 Å². The molecule has 31 heavy (non-hydrogen) atoms. The third-order valence-corrected chi connectivity index (χ3v) is 3.68. The van der Waals surface area contributed by atoms with Gasteiger partial charge in [0.2, 0.25) is 6.79 Å². The number of nitrogen functional groups attached to an aromatic ring is 1. The van der Waals surface area contributed by atoms with Gasteiger partial charge in [-0.3, -0.25) is 0 Å². The molecule has 0 spiro atoms. The van der Waals surface area contributed by atoms with Crippen LogP contribution in [0.15, 0.2) is 46.6 Å². The fraction of sp³-hybridized carbons (Fsp3) is 0.350. The molecule has 0 aliphatic rings. The zero-order valence-electron chi connectivity index (χ0n) is 17.6. The lowest BCUT2D eigenvalue weighted by Gasteiger charge is -2.17. The molecule has 2 aromatic rings. The number of ether oxygens (including phenoxy) is 3. The summed E-state index contributed by atoms with van der Waals surface area (Å²) in [6, 6.07) is 10.1. The number of hydrogen-bond acceptors (Lipinski definition) is 11. The maximum atomic E-state index is 11.4. The van der Waals surface area contributed by atoms with Crippen LogP contribution in [0.3, 0.4) is 0 Å². The van der Waals surface area contributed by atoms with Crippen molar-refractivity contribution in [1.29, 1.82) is 0 Å². The zero-order chi connectivity index (χ0) is 22.9. The van der Waals surface area contributed by atoms with Crippen molar-refractivity contribution in [3.8, 4) is 5.75 Å². The van der Waals surface area contributed by atoms with E-state index in [4.69, 9.17) is 25.7 Å². The van der Waals surface area contributed by atoms with Gasteiger partial charge in [0.25, 0.3) is 0 Å². The van der Waals surface area contributed by atoms with E-state index in [9.17, 15) is 9.59 Å². The second kappa shape index (κ2) is 10.9. The molecule has 0 aliphatic carbocycles. The zero-order valence-corrected chi connectivity index (χ0v) is 17.6. The summed E-state index contributed by atoms with van der Waals surface area (Å²) in [7, 11) is 0. The molecular weight excluding hydrogens is 404 g/mol. The molecule has 5 N–H and O–H groups in total. The molecule has 11 heteroatoms. The van der Waals surface area contributed by atoms with E-state index in [1.165, 1.54) is 0 Å². The Morgan fingerprint density at radius 1 is 1.23 bits per heavy atom. The third kappa shape index (κ3) is 7.90. The number of rotatable bonds is 10. The Hall–Kier alpha value is -3.73. The van der Waals surface area contributed by atoms with Crippen LogP contribution in [0.1, 0.15) is 20.8 Å². The minimum Gasteiger partial charge on any atom is -0.455 e. The van der Waals surface area contributed by atoms with Gasteiger partial charge in [-0.05, 0) is 45.0 Å². The van der Waals surface area contributed by atoms with E-state index < -0.39 is 11.7 Å². The molecule has 0 aliphatic heterocycles. The molecule has 0 unspecified atom stereocenters. The molecule has 1 aromatic carbocycles. The number of carbonyl (C=O) groups is 2. The SMILES string of the molecule is CC(C)OC(=O)OCOc1ccccc1N=Nc1ccc(NC[C@@](C)(N)C=O)nc1N. The Morgan fingerprint density at radius 2 is 1.94 bits per heavy atom. The van der Waals surface area contributed by atoms with E-state index in [0.717, 1.165) is 0 Å². The summed E-state index contributed by atoms with van der Waals surface area (Å²) in [5, 5.41) is 11.2. The minimum absolute atomic E-state index is 0.136. The van der Waals surface area contributed by atoms with Crippen LogP contribution >= 0.6 is 0 Å². The molecule has 0 radical (unpaired) electrons. The van der Waals surface area contributed by atoms with Crippen LogP contribution in [0.25, 0.3) is 0 Å². The number of azo groups is 1. The quantitative estimate of drug-likeness (QED) is 0.222. The van der Waals surface area contributed by atoms with Gasteiger partial charge in [-0.1, -0.05) is 12.1 Å². The van der Waals surface area contributed by atoms with Crippen LogP contribution in [0.5, 0.6) is 5.75 Å². The molecule has 0 bridgehead atoms. The number of carbonyl (C=O) groups excluding carboxylic acids is 2. The van der Waals surface area contributed by atoms with Gasteiger partial charge in [-0.15, -0.1) is 10.2 Å². The van der Waals surface area contributed by atoms with E-state index in [2.05, 4.69) is 20.5 Å². The molecule has 1 heterocycles. The minimum atomic E-state index is -1.02. The molecule has 1 aromatic heterocycles. The second-order valence-electron chi connectivity index (χ2n) is 7.07. The van der Waals surface area contributed by atoms with Gasteiger partial charge in [0, 0.05) is 6.54 Å². The molecule has 0 saturated carbocycles. The predicted octanol–water partition coefficient (Wildman–Crippen LogP) is 3.31. The number of benzene rings is 1. The third-order valence-electron chi connectivity index (χ3n) is 3.68. The van der Waals surface area contributed by atoms with Crippen molar-refractivity contribution in [2.24, 2.45) is 16.0 Å². The van der Waals surface area contributed by atoms with Gasteiger partial charge in [-0.2, -0.15) is 0 Å². The first kappa shape index (κ1) is 23.5. The first-order valence-corrected chi connectivity index (χ1v) is 9.43. The van der Waals surface area contributed by atoms with Crippen molar-refractivity contribution in [3.63, 3.8) is 0 Å². The number of anilines is 2. The molecule has 1 atom stereocenters. The van der Waals surface area contributed by atoms with Gasteiger partial charge < -0.3 is 35.8 Å². The van der Waals surface area contributed by atoms with E-state index in [1.54, 1.807) is 57.2 Å². The highest BCUT2D eigenvalue weighted by atomic mass is 16.8. The van der Waals surface area contributed by atoms with Crippen molar-refractivity contribution in [2.75, 3.05) is 24.4 Å². The smallest absolute Gasteiger partial charge is 0.455 e. The number of para-hydroxylation sites is 1. The normalized spacial score (nSPS) is 12.9. The average Bonchev–Trinajstić information content (AvgIpc) is 2.72. The maximum Gasteiger partial charge on any atom is 0.511 e. The first-order chi connectivity index (χ1) is 14.7. The van der Waals surface area contributed by atoms with Gasteiger partial charge in [0.15, 0.2) is 11.6 Å². The van der Waals surface area contributed by atoms with Crippen molar-refractivity contribution in [3.05, 3.63) is 36.4 Å². The summed E-state index contributed by atoms with van der Waals surface area (Å²) in [6.45, 7) is 4.86. The highest BCUT2D eigenvalue weighted by Crippen LogP contribution is 2.30. The summed E-state index contributed by atoms with van der Waals surface area (Å²) < 4.78 is 15.1. The van der Waals surface area contributed by atoms with Gasteiger partial charge in [0.1, 0.15) is 23.5 Å². The largest absolute Gasteiger partial charge is 0.511 e. The maximum absolute atomic E-state index is 11.4. The molecule has 0 amide bonds. The van der Waals surface area contributed by atoms with Crippen LogP contribution < -0.4 is 21.5 Å². The highest BCUT2D eigenvalue weighted by Gasteiger charge is 2.17. The average molecular weight is 430 g/mol. The number of nitrogens with one attached hydrogen (secondary N) is 1. The monoisotopic (exact) mass is 430 g/mol. The topological polar surface area (TPSA) is 164 Å². The summed E-state index contributed by atoms with van der Waals surface area (Å²) in [5.41, 5.74) is 11.4. The Bertz CT molecular complexity index is 932. The number of aromatic nitrogens is 1. The lowest BCUT2D eigenvalue weighted by atomic mass is 10.1. The van der Waals surface area contributed by atoms with Crippen molar-refractivity contribution < 1.29 is 23.8 Å². The number of pyridine rings is 1. The van der Waals surface area contributed by atoms with Gasteiger partial charge >= 0.3 is 6.16 Å². The number of nitrogens with zero attached hydrogens (tertiary/aromatic N) is 3. The van der Waals surface area contributed by atoms with Crippen LogP contribution in [-0.4, -0.2) is 42.4 Å². The predicted molar refractivity (Wildman–Crippen MR) is 115 cm³/mol. The van der Waals surface area contributed by atoms with Crippen LogP contribution in [0.2, 0.25) is 0 Å². The van der Waals surface area contributed by atoms with Gasteiger partial charge in [0.05, 0.1) is 11.6 Å². The molecule has 2 rings (SSSR count). The summed E-state index contributed by atoms with van der Waals surface area (Å²) in [6.07, 6.45) is -0.465. The lowest BCUT2D eigenvalue weighted by molar-refractivity contribution is -0.111. The molecule has 0 fully saturated rings. The number of nitrogens with two attached hydrogens (primary N) is 2. The summed E-state index contributed by atoms with van der Waals surface area (Å²) in [5.74, 6) is 0.936. The second-order valence-corrected chi connectivity index (χ2v) is 7.07. The number of hydrogen-bond donors (Lipinski definition) is 3. The molecule has 0 saturated heterocycles. The Morgan fingerprint density at radius 3 is 2.61 bits per heavy atom. The van der Waals surface area contributed by atoms with Crippen molar-refractivity contribution in [2.45, 2.75) is 32.4 Å². The molecular formula is C20H26N6O5. The van der Waals surface area contributed by atoms with E-state index in [-0.39, 0.29) is 25.3 Å². The Kier molecular flexibility index (Phi) is 8.26. The standard InChI is InChI=1S/C20H26N6O5/c1-13(2)31-19(28)30-12-29-16-7-5-4-6-14(16)25-26-15-8-9-17(24-18(15)21)23-10-20(3,22)11-27/h4-9,11,13H,10,12,22H2,1-3H3,(H3,21,23,24)/t20-/m1/s1. The highest BCUT2D eigenvalue weighted by molar-refractivity contribution is 5.65. The molecule has 11 nitrogen and oxygen atoms in total. The molecule has 166 valence electrons. The first-order valence-electron chi connectivity index (χ1n) is 9.43. The fourth-order valence-electron chi connectivity index (χ4n) is 2.11. The van der Waals surface area contributed by atoms with Gasteiger partial charge in [-0.25, -0.2) is 9.78 Å². The Labute approximate surface area is 179 Å². The summed E-state index contributed by atoms with van der Waals surface area (Å²) in [4.78, 5) is 26.5.